The largest absolute Gasteiger partial charge is 0.465 e. The van der Waals surface area contributed by atoms with Gasteiger partial charge < -0.3 is 13.7 Å². The number of benzene rings is 1. The Morgan fingerprint density at radius 3 is 1.67 bits per heavy atom. The lowest BCUT2D eigenvalue weighted by atomic mass is 9.92. The number of rotatable bonds is 7. The fourth-order valence-corrected chi connectivity index (χ4v) is 2.85. The van der Waals surface area contributed by atoms with E-state index in [1.54, 1.807) is 20.8 Å². The zero-order valence-electron chi connectivity index (χ0n) is 19.4. The van der Waals surface area contributed by atoms with Crippen molar-refractivity contribution in [1.29, 1.82) is 0 Å². The molecule has 0 radical (unpaired) electrons. The maximum Gasteiger partial charge on any atom is 0.416 e. The third-order valence-corrected chi connectivity index (χ3v) is 4.30. The highest BCUT2D eigenvalue weighted by Crippen LogP contribution is 2.39. The van der Waals surface area contributed by atoms with Gasteiger partial charge >= 0.3 is 24.3 Å². The summed E-state index contributed by atoms with van der Waals surface area (Å²) < 4.78 is 92.9. The van der Waals surface area contributed by atoms with Gasteiger partial charge in [-0.15, -0.1) is 0 Å². The first-order chi connectivity index (χ1) is 14.9. The van der Waals surface area contributed by atoms with Crippen LogP contribution in [0.4, 0.5) is 26.3 Å². The van der Waals surface area contributed by atoms with E-state index in [-0.39, 0.29) is 24.7 Å². The third kappa shape index (κ3) is 9.83. The number of hydrogen-bond donors (Lipinski definition) is 0. The van der Waals surface area contributed by atoms with Gasteiger partial charge in [0, 0.05) is 16.9 Å². The van der Waals surface area contributed by atoms with Crippen LogP contribution >= 0.6 is 12.0 Å². The Morgan fingerprint density at radius 1 is 0.848 bits per heavy atom. The van der Waals surface area contributed by atoms with E-state index in [9.17, 15) is 35.9 Å². The summed E-state index contributed by atoms with van der Waals surface area (Å²) in [6, 6.07) is 0.914. The third-order valence-electron chi connectivity index (χ3n) is 3.64. The average Bonchev–Trinajstić information content (AvgIpc) is 2.66. The van der Waals surface area contributed by atoms with Gasteiger partial charge in [0.15, 0.2) is 5.41 Å². The van der Waals surface area contributed by atoms with Gasteiger partial charge in [0.25, 0.3) is 0 Å². The van der Waals surface area contributed by atoms with E-state index in [1.165, 1.54) is 6.92 Å². The lowest BCUT2D eigenvalue weighted by Crippen LogP contribution is -2.45. The number of carbonyl (C=O) groups is 2. The second-order valence-electron chi connectivity index (χ2n) is 7.64. The summed E-state index contributed by atoms with van der Waals surface area (Å²) in [5.41, 5.74) is -6.01. The number of ether oxygens (including phenoxy) is 2. The molecule has 1 atom stereocenters. The van der Waals surface area contributed by atoms with E-state index < -0.39 is 57.9 Å². The van der Waals surface area contributed by atoms with Crippen LogP contribution in [0.5, 0.6) is 0 Å². The van der Waals surface area contributed by atoms with Crippen LogP contribution < -0.4 is 0 Å². The molecule has 1 aromatic rings. The van der Waals surface area contributed by atoms with E-state index in [1.807, 2.05) is 13.8 Å². The molecule has 0 saturated heterocycles. The van der Waals surface area contributed by atoms with Gasteiger partial charge in [0.1, 0.15) is 5.60 Å². The molecule has 0 bridgehead atoms. The lowest BCUT2D eigenvalue weighted by molar-refractivity contribution is -0.180. The number of carbonyl (C=O) groups excluding carboxylic acids is 2. The van der Waals surface area contributed by atoms with Crippen LogP contribution in [0.3, 0.4) is 0 Å². The molecule has 0 aliphatic rings. The molecular weight excluding hydrogens is 478 g/mol. The number of esters is 2. The molecule has 0 fully saturated rings. The van der Waals surface area contributed by atoms with Gasteiger partial charge in [-0.05, 0) is 52.8 Å². The molecule has 0 heterocycles. The van der Waals surface area contributed by atoms with E-state index in [2.05, 4.69) is 0 Å². The van der Waals surface area contributed by atoms with Crippen LogP contribution in [0.1, 0.15) is 59.6 Å². The first kappa shape index (κ1) is 31.0. The van der Waals surface area contributed by atoms with Crippen molar-refractivity contribution in [3.8, 4) is 0 Å². The average molecular weight is 507 g/mol. The Morgan fingerprint density at radius 2 is 1.30 bits per heavy atom. The zero-order chi connectivity index (χ0) is 26.3. The summed E-state index contributed by atoms with van der Waals surface area (Å²) in [5, 5.41) is 0. The SMILES string of the molecule is CC.CCOC(=O)C(C)(COSc1cc(C(F)(F)F)cc(C(F)(F)F)c1)C(=O)OC(C)(C)C. The van der Waals surface area contributed by atoms with Crippen molar-refractivity contribution in [3.05, 3.63) is 29.3 Å². The van der Waals surface area contributed by atoms with Gasteiger partial charge in [-0.2, -0.15) is 26.3 Å². The fourth-order valence-electron chi connectivity index (χ4n) is 2.07. The first-order valence-electron chi connectivity index (χ1n) is 9.90. The standard InChI is InChI=1S/C19H22F6O5S.C2H6/c1-6-28-14(26)17(5,15(27)30-16(2,3)4)10-29-31-13-8-11(18(20,21)22)7-12(9-13)19(23,24)25;1-2/h7-9H,6,10H2,1-5H3;1-2H3. The van der Waals surface area contributed by atoms with Crippen molar-refractivity contribution in [1.82, 2.24) is 0 Å². The van der Waals surface area contributed by atoms with Crippen molar-refractivity contribution < 1.29 is 49.6 Å². The lowest BCUT2D eigenvalue weighted by Gasteiger charge is -2.29. The fraction of sp³-hybridized carbons (Fsp3) is 0.619. The highest BCUT2D eigenvalue weighted by molar-refractivity contribution is 7.94. The Hall–Kier alpha value is -1.95. The highest BCUT2D eigenvalue weighted by Gasteiger charge is 2.46. The normalized spacial score (nSPS) is 14.0. The molecule has 1 aromatic carbocycles. The number of hydrogen-bond acceptors (Lipinski definition) is 6. The van der Waals surface area contributed by atoms with Gasteiger partial charge in [-0.25, -0.2) is 0 Å². The smallest absolute Gasteiger partial charge is 0.416 e. The Labute approximate surface area is 193 Å². The van der Waals surface area contributed by atoms with Gasteiger partial charge in [0.05, 0.1) is 24.3 Å². The minimum Gasteiger partial charge on any atom is -0.465 e. The molecule has 0 amide bonds. The van der Waals surface area contributed by atoms with Crippen LogP contribution in [0.15, 0.2) is 23.1 Å². The van der Waals surface area contributed by atoms with Crippen molar-refractivity contribution in [2.75, 3.05) is 13.2 Å². The van der Waals surface area contributed by atoms with Crippen LogP contribution in [0, 0.1) is 5.41 Å². The maximum atomic E-state index is 13.0. The molecule has 12 heteroatoms. The highest BCUT2D eigenvalue weighted by atomic mass is 32.2. The van der Waals surface area contributed by atoms with E-state index >= 15 is 0 Å². The second-order valence-corrected chi connectivity index (χ2v) is 8.52. The van der Waals surface area contributed by atoms with Crippen molar-refractivity contribution >= 4 is 24.0 Å². The van der Waals surface area contributed by atoms with Crippen LogP contribution in [0.2, 0.25) is 0 Å². The number of alkyl halides is 6. The summed E-state index contributed by atoms with van der Waals surface area (Å²) in [4.78, 5) is 24.3. The predicted molar refractivity (Wildman–Crippen MR) is 110 cm³/mol. The number of halogens is 6. The van der Waals surface area contributed by atoms with Gasteiger partial charge in [-0.3, -0.25) is 9.59 Å². The molecule has 0 spiro atoms. The quantitative estimate of drug-likeness (QED) is 0.178. The van der Waals surface area contributed by atoms with Crippen LogP contribution in [-0.2, 0) is 35.6 Å². The molecular formula is C21H28F6O5S. The molecule has 0 aliphatic carbocycles. The topological polar surface area (TPSA) is 61.8 Å². The Balaban J connectivity index is 0.00000497. The molecule has 1 rings (SSSR count). The zero-order valence-corrected chi connectivity index (χ0v) is 20.2. The van der Waals surface area contributed by atoms with Gasteiger partial charge in [0.2, 0.25) is 0 Å². The molecule has 0 aliphatic heterocycles. The molecule has 1 unspecified atom stereocenters. The minimum absolute atomic E-state index is 0.0203. The Kier molecular flexibility index (Phi) is 11.3. The molecule has 5 nitrogen and oxygen atoms in total. The van der Waals surface area contributed by atoms with Crippen LogP contribution in [0.25, 0.3) is 0 Å². The van der Waals surface area contributed by atoms with E-state index in [0.29, 0.717) is 12.1 Å². The summed E-state index contributed by atoms with van der Waals surface area (Å²) in [5.74, 6) is -2.02. The summed E-state index contributed by atoms with van der Waals surface area (Å²) >= 11 is 0.163. The minimum atomic E-state index is -5.02. The Bertz CT molecular complexity index is 770. The van der Waals surface area contributed by atoms with Crippen LogP contribution in [-0.4, -0.2) is 30.8 Å². The summed E-state index contributed by atoms with van der Waals surface area (Å²) in [6.07, 6.45) is -10.0. The van der Waals surface area contributed by atoms with Crippen molar-refractivity contribution in [2.24, 2.45) is 5.41 Å². The second kappa shape index (κ2) is 12.0. The molecule has 190 valence electrons. The van der Waals surface area contributed by atoms with E-state index in [4.69, 9.17) is 13.7 Å². The molecule has 0 saturated carbocycles. The predicted octanol–water partition coefficient (Wildman–Crippen LogP) is 6.69. The summed E-state index contributed by atoms with van der Waals surface area (Å²) in [6.45, 7) is 10.5. The van der Waals surface area contributed by atoms with Crippen molar-refractivity contribution in [3.63, 3.8) is 0 Å². The molecule has 0 N–H and O–H groups in total. The maximum absolute atomic E-state index is 13.0. The van der Waals surface area contributed by atoms with E-state index in [0.717, 1.165) is 6.92 Å². The monoisotopic (exact) mass is 506 g/mol. The first-order valence-corrected chi connectivity index (χ1v) is 10.6. The molecule has 33 heavy (non-hydrogen) atoms. The summed E-state index contributed by atoms with van der Waals surface area (Å²) in [7, 11) is 0. The van der Waals surface area contributed by atoms with Crippen molar-refractivity contribution in [2.45, 2.75) is 71.3 Å². The van der Waals surface area contributed by atoms with Gasteiger partial charge in [-0.1, -0.05) is 13.8 Å². The molecule has 0 aromatic heterocycles.